The summed E-state index contributed by atoms with van der Waals surface area (Å²) < 4.78 is 41.8. The van der Waals surface area contributed by atoms with E-state index in [1.807, 2.05) is 11.8 Å². The Morgan fingerprint density at radius 1 is 1.16 bits per heavy atom. The maximum atomic E-state index is 14.6. The van der Waals surface area contributed by atoms with Crippen LogP contribution in [0.1, 0.15) is 51.0 Å². The number of amides is 3. The third-order valence-electron chi connectivity index (χ3n) is 7.16. The van der Waals surface area contributed by atoms with Gasteiger partial charge in [-0.05, 0) is 52.7 Å². The number of ether oxygens (including phenoxy) is 2. The van der Waals surface area contributed by atoms with E-state index < -0.39 is 52.5 Å². The lowest BCUT2D eigenvalue weighted by Crippen LogP contribution is -2.51. The van der Waals surface area contributed by atoms with Crippen molar-refractivity contribution in [3.63, 3.8) is 0 Å². The molecular formula is C28H35F2N7O6S. The Kier molecular flexibility index (Phi) is 9.44. The van der Waals surface area contributed by atoms with Gasteiger partial charge < -0.3 is 30.1 Å². The van der Waals surface area contributed by atoms with Crippen molar-refractivity contribution >= 4 is 45.9 Å². The van der Waals surface area contributed by atoms with Gasteiger partial charge in [0.2, 0.25) is 0 Å². The van der Waals surface area contributed by atoms with Gasteiger partial charge in [0, 0.05) is 27.2 Å². The highest BCUT2D eigenvalue weighted by atomic mass is 32.1. The average Bonchev–Trinajstić information content (AvgIpc) is 3.44. The summed E-state index contributed by atoms with van der Waals surface area (Å²) in [5.41, 5.74) is -2.07. The Morgan fingerprint density at radius 2 is 1.84 bits per heavy atom. The van der Waals surface area contributed by atoms with Gasteiger partial charge in [0.15, 0.2) is 11.5 Å². The molecule has 2 atom stereocenters. The summed E-state index contributed by atoms with van der Waals surface area (Å²) in [6.07, 6.45) is 0.261. The van der Waals surface area contributed by atoms with Gasteiger partial charge in [0.25, 0.3) is 5.91 Å². The van der Waals surface area contributed by atoms with Gasteiger partial charge in [-0.3, -0.25) is 14.8 Å². The van der Waals surface area contributed by atoms with E-state index in [1.54, 1.807) is 32.5 Å². The SMILES string of the molecule is COC1(C)CCN(c2c(NC(=O)c3nc(-c4c(F)cccc4F)sc3NC(=O)OC(C)(C)C)cnn2C)CCC1NC(=O)O. The fraction of sp³-hybridized carbons (Fsp3) is 0.464. The molecule has 3 aromatic rings. The van der Waals surface area contributed by atoms with E-state index in [0.29, 0.717) is 37.4 Å². The number of carbonyl (C=O) groups is 3. The molecule has 0 spiro atoms. The number of carboxylic acid groups (broad SMARTS) is 1. The number of hydrogen-bond acceptors (Lipinski definition) is 9. The highest BCUT2D eigenvalue weighted by molar-refractivity contribution is 7.19. The molecule has 0 saturated carbocycles. The number of hydrogen-bond donors (Lipinski definition) is 4. The van der Waals surface area contributed by atoms with Crippen molar-refractivity contribution < 1.29 is 37.7 Å². The van der Waals surface area contributed by atoms with Gasteiger partial charge in [0.05, 0.1) is 23.4 Å². The molecule has 1 aliphatic rings. The molecule has 0 bridgehead atoms. The number of anilines is 3. The van der Waals surface area contributed by atoms with E-state index in [2.05, 4.69) is 26.0 Å². The summed E-state index contributed by atoms with van der Waals surface area (Å²) in [4.78, 5) is 43.8. The first-order valence-electron chi connectivity index (χ1n) is 13.7. The first kappa shape index (κ1) is 32.6. The molecule has 44 heavy (non-hydrogen) atoms. The van der Waals surface area contributed by atoms with Crippen LogP contribution < -0.4 is 20.9 Å². The zero-order valence-corrected chi connectivity index (χ0v) is 26.0. The molecule has 16 heteroatoms. The van der Waals surface area contributed by atoms with Crippen LogP contribution in [-0.4, -0.2) is 75.4 Å². The van der Waals surface area contributed by atoms with E-state index >= 15 is 0 Å². The first-order valence-corrected chi connectivity index (χ1v) is 14.5. The summed E-state index contributed by atoms with van der Waals surface area (Å²) in [7, 11) is 3.22. The largest absolute Gasteiger partial charge is 0.465 e. The molecule has 1 fully saturated rings. The van der Waals surface area contributed by atoms with E-state index in [9.17, 15) is 28.3 Å². The van der Waals surface area contributed by atoms with E-state index in [0.717, 1.165) is 23.5 Å². The topological polar surface area (TPSA) is 160 Å². The van der Waals surface area contributed by atoms with E-state index in [1.165, 1.54) is 19.4 Å². The lowest BCUT2D eigenvalue weighted by molar-refractivity contribution is -0.0265. The maximum absolute atomic E-state index is 14.6. The normalized spacial score (nSPS) is 18.8. The molecule has 4 N–H and O–H groups in total. The van der Waals surface area contributed by atoms with Gasteiger partial charge in [-0.15, -0.1) is 0 Å². The molecule has 3 amide bonds. The smallest absolute Gasteiger partial charge is 0.412 e. The monoisotopic (exact) mass is 635 g/mol. The average molecular weight is 636 g/mol. The van der Waals surface area contributed by atoms with Crippen LogP contribution in [0.25, 0.3) is 10.6 Å². The van der Waals surface area contributed by atoms with Crippen LogP contribution in [0.2, 0.25) is 0 Å². The lowest BCUT2D eigenvalue weighted by atomic mass is 9.91. The molecule has 2 aromatic heterocycles. The first-order chi connectivity index (χ1) is 20.6. The summed E-state index contributed by atoms with van der Waals surface area (Å²) in [5.74, 6) is -2.01. The fourth-order valence-corrected chi connectivity index (χ4v) is 5.90. The van der Waals surface area contributed by atoms with Crippen molar-refractivity contribution in [1.29, 1.82) is 0 Å². The molecule has 1 aromatic carbocycles. The van der Waals surface area contributed by atoms with Crippen molar-refractivity contribution in [2.24, 2.45) is 7.05 Å². The number of aryl methyl sites for hydroxylation is 1. The minimum atomic E-state index is -1.16. The van der Waals surface area contributed by atoms with Crippen molar-refractivity contribution in [2.45, 2.75) is 57.8 Å². The number of methoxy groups -OCH3 is 1. The van der Waals surface area contributed by atoms with Gasteiger partial charge >= 0.3 is 12.2 Å². The Hall–Kier alpha value is -4.31. The molecule has 1 saturated heterocycles. The standard InChI is InChI=1S/C28H35F2N7O6S/c1-27(2,3)43-26(41)35-23-20(34-22(44-23)19-15(29)8-7-9-16(19)30)21(38)32-17-14-31-36(5)24(17)37-12-10-18(33-25(39)40)28(4,42-6)11-13-37/h7-9,14,18,33H,10-13H2,1-6H3,(H,32,38)(H,35,41)(H,39,40). The number of nitrogens with zero attached hydrogens (tertiary/aromatic N) is 4. The fourth-order valence-electron chi connectivity index (χ4n) is 4.90. The van der Waals surface area contributed by atoms with Gasteiger partial charge in [-0.25, -0.2) is 23.4 Å². The highest BCUT2D eigenvalue weighted by Gasteiger charge is 2.39. The molecular weight excluding hydrogens is 600 g/mol. The van der Waals surface area contributed by atoms with Crippen LogP contribution in [-0.2, 0) is 16.5 Å². The van der Waals surface area contributed by atoms with Gasteiger partial charge in [-0.2, -0.15) is 5.10 Å². The Balaban J connectivity index is 1.66. The Bertz CT molecular complexity index is 1540. The van der Waals surface area contributed by atoms with Crippen molar-refractivity contribution in [3.05, 3.63) is 41.7 Å². The third kappa shape index (κ3) is 7.24. The number of benzene rings is 1. The summed E-state index contributed by atoms with van der Waals surface area (Å²) in [5, 5.41) is 21.2. The van der Waals surface area contributed by atoms with E-state index in [4.69, 9.17) is 9.47 Å². The molecule has 13 nitrogen and oxygen atoms in total. The third-order valence-corrected chi connectivity index (χ3v) is 8.14. The van der Waals surface area contributed by atoms with Crippen molar-refractivity contribution in [2.75, 3.05) is 35.7 Å². The maximum Gasteiger partial charge on any atom is 0.412 e. The molecule has 1 aliphatic heterocycles. The molecule has 0 aliphatic carbocycles. The second-order valence-electron chi connectivity index (χ2n) is 11.4. The zero-order valence-electron chi connectivity index (χ0n) is 25.2. The number of carbonyl (C=O) groups excluding carboxylic acids is 2. The number of nitrogens with one attached hydrogen (secondary N) is 3. The number of aromatic nitrogens is 3. The van der Waals surface area contributed by atoms with Gasteiger partial charge in [0.1, 0.15) is 32.9 Å². The van der Waals surface area contributed by atoms with Crippen LogP contribution in [0.15, 0.2) is 24.4 Å². The van der Waals surface area contributed by atoms with Crippen LogP contribution in [0.3, 0.4) is 0 Å². The number of halogens is 2. The molecule has 0 radical (unpaired) electrons. The summed E-state index contributed by atoms with van der Waals surface area (Å²) in [6, 6.07) is 2.84. The molecule has 3 heterocycles. The minimum absolute atomic E-state index is 0.0759. The van der Waals surface area contributed by atoms with Gasteiger partial charge in [-0.1, -0.05) is 17.4 Å². The Morgan fingerprint density at radius 3 is 2.45 bits per heavy atom. The highest BCUT2D eigenvalue weighted by Crippen LogP contribution is 2.37. The number of thiazole rings is 1. The van der Waals surface area contributed by atoms with Crippen molar-refractivity contribution in [3.8, 4) is 10.6 Å². The Labute approximate surface area is 256 Å². The molecule has 238 valence electrons. The zero-order chi connectivity index (χ0) is 32.4. The second-order valence-corrected chi connectivity index (χ2v) is 12.4. The molecule has 4 rings (SSSR count). The summed E-state index contributed by atoms with van der Waals surface area (Å²) in [6.45, 7) is 7.67. The summed E-state index contributed by atoms with van der Waals surface area (Å²) >= 11 is 0.718. The second kappa shape index (κ2) is 12.7. The lowest BCUT2D eigenvalue weighted by Gasteiger charge is -2.34. The molecule has 2 unspecified atom stereocenters. The number of rotatable bonds is 7. The van der Waals surface area contributed by atoms with Crippen LogP contribution >= 0.6 is 11.3 Å². The van der Waals surface area contributed by atoms with E-state index in [-0.39, 0.29) is 15.7 Å². The van der Waals surface area contributed by atoms with Crippen LogP contribution in [0.5, 0.6) is 0 Å². The van der Waals surface area contributed by atoms with Crippen LogP contribution in [0, 0.1) is 11.6 Å². The predicted octanol–water partition coefficient (Wildman–Crippen LogP) is 5.06. The quantitative estimate of drug-likeness (QED) is 0.278. The minimum Gasteiger partial charge on any atom is -0.465 e. The van der Waals surface area contributed by atoms with Crippen LogP contribution in [0.4, 0.5) is 34.9 Å². The van der Waals surface area contributed by atoms with Crippen molar-refractivity contribution in [1.82, 2.24) is 20.1 Å². The predicted molar refractivity (Wildman–Crippen MR) is 160 cm³/mol.